The van der Waals surface area contributed by atoms with Gasteiger partial charge in [0, 0.05) is 9.83 Å². The molecule has 0 aromatic heterocycles. The van der Waals surface area contributed by atoms with E-state index in [9.17, 15) is 8.42 Å². The zero-order valence-corrected chi connectivity index (χ0v) is 8.36. The number of phenolic OH excluding ortho intramolecular Hbond substituents is 1. The van der Waals surface area contributed by atoms with Gasteiger partial charge in [-0.2, -0.15) is 0 Å². The zero-order valence-electron chi connectivity index (χ0n) is 5.84. The molecule has 0 aliphatic heterocycles. The third kappa shape index (κ3) is 1.88. The molecule has 0 radical (unpaired) electrons. The van der Waals surface area contributed by atoms with Gasteiger partial charge in [-0.3, -0.25) is 0 Å². The second-order valence-corrected chi connectivity index (χ2v) is 6.60. The molecule has 0 spiro atoms. The van der Waals surface area contributed by atoms with Crippen LogP contribution in [-0.2, 0) is 8.87 Å². The molecular formula is C6H6O3S3. The highest BCUT2D eigenvalue weighted by molar-refractivity contribution is 9.02. The first-order valence-corrected chi connectivity index (χ1v) is 6.81. The fourth-order valence-corrected chi connectivity index (χ4v) is 2.74. The van der Waals surface area contributed by atoms with Crippen LogP contribution in [0.1, 0.15) is 0 Å². The lowest BCUT2D eigenvalue weighted by molar-refractivity contribution is 0.459. The predicted octanol–water partition coefficient (Wildman–Crippen LogP) is 1.66. The summed E-state index contributed by atoms with van der Waals surface area (Å²) in [5.74, 6) is -0.251. The maximum absolute atomic E-state index is 11.1. The lowest BCUT2D eigenvalue weighted by Gasteiger charge is -2.00. The minimum Gasteiger partial charge on any atom is -0.507 e. The molecule has 12 heavy (non-hydrogen) atoms. The van der Waals surface area contributed by atoms with Gasteiger partial charge in [-0.25, -0.2) is 8.42 Å². The minimum absolute atomic E-state index is 0.106. The van der Waals surface area contributed by atoms with Crippen LogP contribution in [0.5, 0.6) is 5.75 Å². The normalized spacial score (nSPS) is 11.4. The summed E-state index contributed by atoms with van der Waals surface area (Å²) in [4.78, 5) is -0.106. The second-order valence-electron chi connectivity index (χ2n) is 2.00. The topological polar surface area (TPSA) is 54.4 Å². The number of para-hydroxylation sites is 1. The Balaban J connectivity index is 3.30. The summed E-state index contributed by atoms with van der Waals surface area (Å²) in [6.45, 7) is 0. The molecular weight excluding hydrogens is 216 g/mol. The fraction of sp³-hybridized carbons (Fsp3) is 0. The van der Waals surface area contributed by atoms with Gasteiger partial charge in [-0.1, -0.05) is 23.8 Å². The Bertz CT molecular complexity index is 371. The number of aromatic hydroxyl groups is 1. The Labute approximate surface area is 78.9 Å². The first kappa shape index (κ1) is 9.76. The molecule has 0 saturated heterocycles. The third-order valence-corrected chi connectivity index (χ3v) is 5.21. The Morgan fingerprint density at radius 3 is 2.42 bits per heavy atom. The number of phenols is 1. The van der Waals surface area contributed by atoms with Crippen LogP contribution >= 0.6 is 21.5 Å². The average molecular weight is 222 g/mol. The second kappa shape index (κ2) is 3.59. The number of thiol groups is 1. The highest BCUT2D eigenvalue weighted by Gasteiger charge is 2.16. The van der Waals surface area contributed by atoms with Gasteiger partial charge in [0.15, 0.2) is 0 Å². The summed E-state index contributed by atoms with van der Waals surface area (Å²) in [5, 5.41) is 9.15. The van der Waals surface area contributed by atoms with Crippen LogP contribution < -0.4 is 0 Å². The Hall–Kier alpha value is -0.330. The van der Waals surface area contributed by atoms with E-state index in [1.54, 1.807) is 6.07 Å². The average Bonchev–Trinajstić information content (AvgIpc) is 2.05. The van der Waals surface area contributed by atoms with Gasteiger partial charge in [0.2, 0.25) is 8.87 Å². The Kier molecular flexibility index (Phi) is 2.92. The molecule has 0 aliphatic carbocycles. The van der Waals surface area contributed by atoms with Gasteiger partial charge in [0.1, 0.15) is 10.6 Å². The molecule has 1 aromatic carbocycles. The van der Waals surface area contributed by atoms with E-state index >= 15 is 0 Å². The number of benzene rings is 1. The first-order valence-electron chi connectivity index (χ1n) is 2.94. The molecule has 0 amide bonds. The summed E-state index contributed by atoms with van der Waals surface area (Å²) < 4.78 is 22.3. The molecule has 0 aliphatic rings. The molecule has 3 nitrogen and oxygen atoms in total. The molecule has 0 saturated carbocycles. The molecule has 0 atom stereocenters. The van der Waals surface area contributed by atoms with Crippen molar-refractivity contribution in [2.75, 3.05) is 0 Å². The van der Waals surface area contributed by atoms with E-state index in [4.69, 9.17) is 5.11 Å². The molecule has 0 bridgehead atoms. The minimum atomic E-state index is -3.50. The Morgan fingerprint density at radius 2 is 1.92 bits per heavy atom. The van der Waals surface area contributed by atoms with E-state index in [-0.39, 0.29) is 10.6 Å². The molecule has 1 rings (SSSR count). The van der Waals surface area contributed by atoms with Crippen LogP contribution in [-0.4, -0.2) is 13.5 Å². The van der Waals surface area contributed by atoms with Crippen LogP contribution in [0, 0.1) is 0 Å². The SMILES string of the molecule is O=S(=O)(SS)c1ccccc1O. The molecule has 0 unspecified atom stereocenters. The van der Waals surface area contributed by atoms with Crippen molar-refractivity contribution in [2.24, 2.45) is 0 Å². The fourth-order valence-electron chi connectivity index (χ4n) is 0.709. The molecule has 6 heteroatoms. The van der Waals surface area contributed by atoms with Crippen LogP contribution in [0.3, 0.4) is 0 Å². The smallest absolute Gasteiger partial charge is 0.243 e. The highest BCUT2D eigenvalue weighted by atomic mass is 33.5. The molecule has 0 fully saturated rings. The van der Waals surface area contributed by atoms with Crippen LogP contribution in [0.4, 0.5) is 0 Å². The van der Waals surface area contributed by atoms with E-state index < -0.39 is 8.87 Å². The van der Waals surface area contributed by atoms with E-state index in [1.165, 1.54) is 18.2 Å². The predicted molar refractivity (Wildman–Crippen MR) is 51.9 cm³/mol. The van der Waals surface area contributed by atoms with Crippen molar-refractivity contribution in [1.82, 2.24) is 0 Å². The number of hydrogen-bond acceptors (Lipinski definition) is 5. The van der Waals surface area contributed by atoms with Crippen LogP contribution in [0.2, 0.25) is 0 Å². The van der Waals surface area contributed by atoms with Crippen molar-refractivity contribution in [3.05, 3.63) is 24.3 Å². The van der Waals surface area contributed by atoms with Gasteiger partial charge < -0.3 is 5.11 Å². The van der Waals surface area contributed by atoms with Crippen molar-refractivity contribution >= 4 is 30.4 Å². The highest BCUT2D eigenvalue weighted by Crippen LogP contribution is 2.31. The maximum atomic E-state index is 11.1. The third-order valence-electron chi connectivity index (χ3n) is 1.23. The lowest BCUT2D eigenvalue weighted by atomic mass is 10.3. The van der Waals surface area contributed by atoms with E-state index in [1.807, 2.05) is 0 Å². The van der Waals surface area contributed by atoms with Crippen molar-refractivity contribution in [3.8, 4) is 5.75 Å². The molecule has 0 heterocycles. The van der Waals surface area contributed by atoms with E-state index in [0.717, 1.165) is 0 Å². The number of rotatable bonds is 2. The maximum Gasteiger partial charge on any atom is 0.243 e. The van der Waals surface area contributed by atoms with E-state index in [0.29, 0.717) is 9.83 Å². The first-order chi connectivity index (χ1) is 5.58. The molecule has 1 aromatic rings. The van der Waals surface area contributed by atoms with Crippen molar-refractivity contribution in [3.63, 3.8) is 0 Å². The largest absolute Gasteiger partial charge is 0.507 e. The summed E-state index contributed by atoms with van der Waals surface area (Å²) in [5.41, 5.74) is 0. The van der Waals surface area contributed by atoms with Crippen LogP contribution in [0.15, 0.2) is 29.2 Å². The summed E-state index contributed by atoms with van der Waals surface area (Å²) in [6.07, 6.45) is 0. The summed E-state index contributed by atoms with van der Waals surface area (Å²) in [6, 6.07) is 5.74. The monoisotopic (exact) mass is 222 g/mol. The van der Waals surface area contributed by atoms with Gasteiger partial charge >= 0.3 is 0 Å². The zero-order chi connectivity index (χ0) is 9.19. The quantitative estimate of drug-likeness (QED) is 0.590. The molecule has 1 N–H and O–H groups in total. The van der Waals surface area contributed by atoms with Gasteiger partial charge in [-0.15, -0.1) is 0 Å². The van der Waals surface area contributed by atoms with E-state index in [2.05, 4.69) is 11.7 Å². The summed E-state index contributed by atoms with van der Waals surface area (Å²) in [7, 11) is -3.10. The summed E-state index contributed by atoms with van der Waals surface area (Å²) >= 11 is 3.58. The lowest BCUT2D eigenvalue weighted by Crippen LogP contribution is -1.92. The standard InChI is InChI=1S/C6H6O3S3/c7-5-3-1-2-4-6(5)12(8,9)11-10/h1-4,7,10H. The number of hydrogen-bond donors (Lipinski definition) is 2. The molecule has 66 valence electrons. The van der Waals surface area contributed by atoms with Crippen molar-refractivity contribution in [2.45, 2.75) is 4.90 Å². The van der Waals surface area contributed by atoms with Gasteiger partial charge in [-0.05, 0) is 12.1 Å². The van der Waals surface area contributed by atoms with Gasteiger partial charge in [0.05, 0.1) is 0 Å². The van der Waals surface area contributed by atoms with Crippen LogP contribution in [0.25, 0.3) is 0 Å². The van der Waals surface area contributed by atoms with Crippen molar-refractivity contribution in [1.29, 1.82) is 0 Å². The van der Waals surface area contributed by atoms with Gasteiger partial charge in [0.25, 0.3) is 0 Å². The van der Waals surface area contributed by atoms with Crippen molar-refractivity contribution < 1.29 is 13.5 Å². The Morgan fingerprint density at radius 1 is 1.33 bits per heavy atom.